The van der Waals surface area contributed by atoms with Crippen LogP contribution >= 0.6 is 0 Å². The minimum atomic E-state index is -3.60. The molecule has 0 bridgehead atoms. The van der Waals surface area contributed by atoms with Gasteiger partial charge in [0.1, 0.15) is 18.1 Å². The number of rotatable bonds is 6. The van der Waals surface area contributed by atoms with Crippen LogP contribution in [-0.2, 0) is 10.0 Å². The summed E-state index contributed by atoms with van der Waals surface area (Å²) in [5.41, 5.74) is 0. The molecule has 3 aromatic rings. The average molecular weight is 381 g/mol. The van der Waals surface area contributed by atoms with Gasteiger partial charge in [-0.3, -0.25) is 0 Å². The molecule has 0 aliphatic heterocycles. The van der Waals surface area contributed by atoms with Crippen molar-refractivity contribution in [2.75, 3.05) is 20.3 Å². The molecule has 0 unspecified atom stereocenters. The van der Waals surface area contributed by atoms with Gasteiger partial charge >= 0.3 is 0 Å². The van der Waals surface area contributed by atoms with Crippen molar-refractivity contribution in [2.45, 2.75) is 4.90 Å². The lowest BCUT2D eigenvalue weighted by Gasteiger charge is -2.06. The van der Waals surface area contributed by atoms with Gasteiger partial charge in [0.05, 0.1) is 18.6 Å². The second-order valence-corrected chi connectivity index (χ2v) is 7.39. The van der Waals surface area contributed by atoms with Crippen LogP contribution in [0, 0.1) is 11.8 Å². The Hall–Kier alpha value is -3.01. The summed E-state index contributed by atoms with van der Waals surface area (Å²) in [4.78, 5) is 0.164. The fourth-order valence-corrected chi connectivity index (χ4v) is 3.44. The Balaban J connectivity index is 1.54. The summed E-state index contributed by atoms with van der Waals surface area (Å²) >= 11 is 0. The van der Waals surface area contributed by atoms with Crippen molar-refractivity contribution in [2.24, 2.45) is 0 Å². The van der Waals surface area contributed by atoms with Gasteiger partial charge in [0, 0.05) is 5.39 Å². The van der Waals surface area contributed by atoms with Crippen LogP contribution in [0.5, 0.6) is 11.5 Å². The van der Waals surface area contributed by atoms with Crippen molar-refractivity contribution in [3.8, 4) is 23.3 Å². The predicted octanol–water partition coefficient (Wildman–Crippen LogP) is 3.21. The third kappa shape index (κ3) is 4.79. The maximum Gasteiger partial charge on any atom is 0.241 e. The zero-order chi connectivity index (χ0) is 19.1. The highest BCUT2D eigenvalue weighted by molar-refractivity contribution is 7.89. The summed E-state index contributed by atoms with van der Waals surface area (Å²) < 4.78 is 37.5. The minimum absolute atomic E-state index is 0.00720. The topological polar surface area (TPSA) is 64.6 Å². The molecule has 0 fully saturated rings. The van der Waals surface area contributed by atoms with Crippen molar-refractivity contribution >= 4 is 20.8 Å². The molecule has 27 heavy (non-hydrogen) atoms. The van der Waals surface area contributed by atoms with E-state index in [1.165, 1.54) is 19.2 Å². The van der Waals surface area contributed by atoms with E-state index in [4.69, 9.17) is 9.47 Å². The van der Waals surface area contributed by atoms with E-state index in [-0.39, 0.29) is 18.0 Å². The number of ether oxygens (including phenoxy) is 2. The second-order valence-electron chi connectivity index (χ2n) is 5.62. The van der Waals surface area contributed by atoms with E-state index in [1.54, 1.807) is 12.1 Å². The fraction of sp³-hybridized carbons (Fsp3) is 0.143. The third-order valence-corrected chi connectivity index (χ3v) is 5.31. The highest BCUT2D eigenvalue weighted by atomic mass is 32.2. The molecule has 0 atom stereocenters. The molecule has 3 rings (SSSR count). The van der Waals surface area contributed by atoms with Crippen molar-refractivity contribution in [1.82, 2.24) is 4.72 Å². The number of methoxy groups -OCH3 is 1. The molecule has 0 aliphatic carbocycles. The average Bonchev–Trinajstić information content (AvgIpc) is 2.70. The van der Waals surface area contributed by atoms with Gasteiger partial charge in [-0.05, 0) is 35.7 Å². The first-order valence-electron chi connectivity index (χ1n) is 8.30. The smallest absolute Gasteiger partial charge is 0.241 e. The van der Waals surface area contributed by atoms with Gasteiger partial charge in [-0.2, -0.15) is 4.72 Å². The third-order valence-electron chi connectivity index (χ3n) is 3.89. The lowest BCUT2D eigenvalue weighted by Crippen LogP contribution is -2.24. The van der Waals surface area contributed by atoms with Crippen LogP contribution in [-0.4, -0.2) is 28.7 Å². The van der Waals surface area contributed by atoms with Crippen LogP contribution in [0.3, 0.4) is 0 Å². The quantitative estimate of drug-likeness (QED) is 0.666. The van der Waals surface area contributed by atoms with Crippen LogP contribution in [0.1, 0.15) is 0 Å². The van der Waals surface area contributed by atoms with Gasteiger partial charge in [0.2, 0.25) is 10.0 Å². The van der Waals surface area contributed by atoms with Crippen LogP contribution in [0.15, 0.2) is 71.6 Å². The molecule has 0 saturated heterocycles. The van der Waals surface area contributed by atoms with Gasteiger partial charge in [0.15, 0.2) is 0 Å². The molecule has 0 heterocycles. The maximum absolute atomic E-state index is 12.2. The second kappa shape index (κ2) is 8.58. The molecular formula is C21H19NO4S. The molecule has 0 amide bonds. The van der Waals surface area contributed by atoms with E-state index < -0.39 is 10.0 Å². The number of hydrogen-bond acceptors (Lipinski definition) is 4. The monoisotopic (exact) mass is 381 g/mol. The van der Waals surface area contributed by atoms with Crippen LogP contribution in [0.4, 0.5) is 0 Å². The number of nitrogens with one attached hydrogen (secondary N) is 1. The zero-order valence-electron chi connectivity index (χ0n) is 14.8. The Labute approximate surface area is 159 Å². The predicted molar refractivity (Wildman–Crippen MR) is 105 cm³/mol. The van der Waals surface area contributed by atoms with Crippen LogP contribution in [0.2, 0.25) is 0 Å². The van der Waals surface area contributed by atoms with Gasteiger partial charge in [-0.1, -0.05) is 48.2 Å². The first kappa shape index (κ1) is 18.8. The number of hydrogen-bond donors (Lipinski definition) is 1. The molecule has 0 aromatic heterocycles. The molecule has 0 spiro atoms. The summed E-state index contributed by atoms with van der Waals surface area (Å²) in [7, 11) is -2.08. The number of sulfonamides is 1. The fourth-order valence-electron chi connectivity index (χ4n) is 2.52. The summed E-state index contributed by atoms with van der Waals surface area (Å²) in [6.45, 7) is 0.186. The van der Waals surface area contributed by atoms with E-state index in [9.17, 15) is 8.42 Å². The molecular weight excluding hydrogens is 362 g/mol. The van der Waals surface area contributed by atoms with Crippen molar-refractivity contribution in [3.05, 3.63) is 66.7 Å². The first-order valence-corrected chi connectivity index (χ1v) is 9.78. The van der Waals surface area contributed by atoms with Crippen molar-refractivity contribution < 1.29 is 17.9 Å². The van der Waals surface area contributed by atoms with Gasteiger partial charge in [0.25, 0.3) is 0 Å². The number of benzene rings is 3. The van der Waals surface area contributed by atoms with Gasteiger partial charge in [-0.15, -0.1) is 0 Å². The Bertz CT molecular complexity index is 1080. The highest BCUT2D eigenvalue weighted by Gasteiger charge is 2.12. The van der Waals surface area contributed by atoms with Gasteiger partial charge < -0.3 is 9.47 Å². The molecule has 0 radical (unpaired) electrons. The molecule has 6 heteroatoms. The van der Waals surface area contributed by atoms with Crippen molar-refractivity contribution in [3.63, 3.8) is 0 Å². The SMILES string of the molecule is COc1ccc(S(=O)(=O)NCC#CCOc2cccc3ccccc23)cc1. The van der Waals surface area contributed by atoms with E-state index in [0.717, 1.165) is 16.5 Å². The Morgan fingerprint density at radius 2 is 1.67 bits per heavy atom. The number of fused-ring (bicyclic) bond motifs is 1. The highest BCUT2D eigenvalue weighted by Crippen LogP contribution is 2.24. The summed E-state index contributed by atoms with van der Waals surface area (Å²) in [5.74, 6) is 6.93. The summed E-state index contributed by atoms with van der Waals surface area (Å²) in [6.07, 6.45) is 0. The zero-order valence-corrected chi connectivity index (χ0v) is 15.6. The van der Waals surface area contributed by atoms with Crippen LogP contribution in [0.25, 0.3) is 10.8 Å². The molecule has 3 aromatic carbocycles. The van der Waals surface area contributed by atoms with E-state index in [1.807, 2.05) is 42.5 Å². The maximum atomic E-state index is 12.2. The molecule has 138 valence electrons. The molecule has 0 saturated carbocycles. The Morgan fingerprint density at radius 3 is 2.44 bits per heavy atom. The van der Waals surface area contributed by atoms with Crippen molar-refractivity contribution in [1.29, 1.82) is 0 Å². The van der Waals surface area contributed by atoms with Gasteiger partial charge in [-0.25, -0.2) is 8.42 Å². The first-order chi connectivity index (χ1) is 13.1. The van der Waals surface area contributed by atoms with Crippen LogP contribution < -0.4 is 14.2 Å². The lowest BCUT2D eigenvalue weighted by molar-refractivity contribution is 0.374. The molecule has 0 aliphatic rings. The Kier molecular flexibility index (Phi) is 5.97. The lowest BCUT2D eigenvalue weighted by atomic mass is 10.1. The normalized spacial score (nSPS) is 10.9. The standard InChI is InChI=1S/C21H19NO4S/c1-25-18-11-13-19(14-12-18)27(23,24)22-15-4-5-16-26-21-10-6-8-17-7-2-3-9-20(17)21/h2-3,6-14,22H,15-16H2,1H3. The minimum Gasteiger partial charge on any atom is -0.497 e. The van der Waals surface area contributed by atoms with E-state index in [2.05, 4.69) is 16.6 Å². The summed E-state index contributed by atoms with van der Waals surface area (Å²) in [6, 6.07) is 19.9. The largest absolute Gasteiger partial charge is 0.497 e. The van der Waals surface area contributed by atoms with E-state index >= 15 is 0 Å². The van der Waals surface area contributed by atoms with E-state index in [0.29, 0.717) is 5.75 Å². The molecule has 1 N–H and O–H groups in total. The Morgan fingerprint density at radius 1 is 0.926 bits per heavy atom. The summed E-state index contributed by atoms with van der Waals surface area (Å²) in [5, 5.41) is 2.11. The molecule has 5 nitrogen and oxygen atoms in total.